The molecule has 0 unspecified atom stereocenters. The van der Waals surface area contributed by atoms with Gasteiger partial charge in [0.2, 0.25) is 0 Å². The van der Waals surface area contributed by atoms with Gasteiger partial charge in [0.15, 0.2) is 0 Å². The summed E-state index contributed by atoms with van der Waals surface area (Å²) in [5.41, 5.74) is -0.900. The van der Waals surface area contributed by atoms with E-state index in [1.54, 1.807) is 6.92 Å². The summed E-state index contributed by atoms with van der Waals surface area (Å²) in [6, 6.07) is 0. The third-order valence-electron chi connectivity index (χ3n) is 2.82. The van der Waals surface area contributed by atoms with Gasteiger partial charge in [-0.3, -0.25) is 9.59 Å². The van der Waals surface area contributed by atoms with Gasteiger partial charge in [-0.05, 0) is 13.3 Å². The van der Waals surface area contributed by atoms with E-state index in [1.807, 2.05) is 0 Å². The van der Waals surface area contributed by atoms with Crippen molar-refractivity contribution >= 4 is 11.8 Å². The maximum Gasteiger partial charge on any atom is 0.312 e. The Morgan fingerprint density at radius 2 is 2.31 bits per heavy atom. The fraction of sp³-hybridized carbons (Fsp3) is 0.778. The highest BCUT2D eigenvalue weighted by Crippen LogP contribution is 2.36. The number of carboxylic acids is 1. The number of hydrogen-bond acceptors (Lipinski definition) is 3. The van der Waals surface area contributed by atoms with E-state index in [0.29, 0.717) is 12.8 Å². The van der Waals surface area contributed by atoms with Crippen LogP contribution in [0.4, 0.5) is 0 Å². The largest absolute Gasteiger partial charge is 0.481 e. The zero-order valence-corrected chi connectivity index (χ0v) is 7.87. The summed E-state index contributed by atoms with van der Waals surface area (Å²) < 4.78 is 5.04. The first-order valence-electron chi connectivity index (χ1n) is 4.28. The zero-order valence-electron chi connectivity index (χ0n) is 7.87. The predicted octanol–water partition coefficient (Wildman–Crippen LogP) is 0.845. The number of rotatable bonds is 2. The molecule has 0 bridgehead atoms. The van der Waals surface area contributed by atoms with Crippen molar-refractivity contribution in [1.29, 1.82) is 0 Å². The molecule has 4 nitrogen and oxygen atoms in total. The number of ketones is 1. The predicted molar refractivity (Wildman–Crippen MR) is 45.4 cm³/mol. The number of Topliss-reactive ketones (excluding diaryl/α,β-unsaturated/α-hetero) is 1. The van der Waals surface area contributed by atoms with Crippen molar-refractivity contribution in [2.45, 2.75) is 32.3 Å². The molecule has 1 N–H and O–H groups in total. The van der Waals surface area contributed by atoms with Crippen LogP contribution in [-0.2, 0) is 14.3 Å². The molecule has 1 aliphatic carbocycles. The Bertz CT molecular complexity index is 236. The fourth-order valence-electron chi connectivity index (χ4n) is 1.68. The molecule has 74 valence electrons. The molecule has 0 aromatic rings. The molecule has 0 saturated heterocycles. The van der Waals surface area contributed by atoms with E-state index in [0.717, 1.165) is 0 Å². The summed E-state index contributed by atoms with van der Waals surface area (Å²) in [6.45, 7) is 1.63. The van der Waals surface area contributed by atoms with Crippen LogP contribution >= 0.6 is 0 Å². The van der Waals surface area contributed by atoms with Crippen molar-refractivity contribution in [3.63, 3.8) is 0 Å². The van der Waals surface area contributed by atoms with E-state index in [9.17, 15) is 9.59 Å². The fourth-order valence-corrected chi connectivity index (χ4v) is 1.68. The Morgan fingerprint density at radius 3 is 2.77 bits per heavy atom. The summed E-state index contributed by atoms with van der Waals surface area (Å²) in [4.78, 5) is 22.0. The van der Waals surface area contributed by atoms with E-state index in [1.165, 1.54) is 7.11 Å². The van der Waals surface area contributed by atoms with E-state index < -0.39 is 17.5 Å². The molecule has 0 spiro atoms. The van der Waals surface area contributed by atoms with E-state index in [2.05, 4.69) is 0 Å². The second-order valence-electron chi connectivity index (χ2n) is 3.69. The van der Waals surface area contributed by atoms with Crippen LogP contribution in [0.25, 0.3) is 0 Å². The van der Waals surface area contributed by atoms with Crippen LogP contribution in [0.1, 0.15) is 26.2 Å². The van der Waals surface area contributed by atoms with Crippen molar-refractivity contribution in [1.82, 2.24) is 0 Å². The average Bonchev–Trinajstić information content (AvgIpc) is 2.09. The van der Waals surface area contributed by atoms with Crippen LogP contribution in [0.5, 0.6) is 0 Å². The Labute approximate surface area is 76.9 Å². The van der Waals surface area contributed by atoms with Crippen LogP contribution in [0.15, 0.2) is 0 Å². The van der Waals surface area contributed by atoms with Gasteiger partial charge in [0.1, 0.15) is 5.78 Å². The van der Waals surface area contributed by atoms with Crippen molar-refractivity contribution < 1.29 is 19.4 Å². The summed E-state index contributed by atoms with van der Waals surface area (Å²) >= 11 is 0. The molecule has 13 heavy (non-hydrogen) atoms. The molecule has 0 aromatic carbocycles. The van der Waals surface area contributed by atoms with Crippen molar-refractivity contribution in [2.75, 3.05) is 7.11 Å². The Balaban J connectivity index is 2.84. The number of carbonyl (C=O) groups is 2. The van der Waals surface area contributed by atoms with Gasteiger partial charge in [0.25, 0.3) is 0 Å². The second kappa shape index (κ2) is 3.46. The van der Waals surface area contributed by atoms with E-state index >= 15 is 0 Å². The quantitative estimate of drug-likeness (QED) is 0.694. The first-order chi connectivity index (χ1) is 6.00. The third-order valence-corrected chi connectivity index (χ3v) is 2.82. The minimum atomic E-state index is -0.900. The SMILES string of the molecule is CO[C@H]1CC(=O)CC[C@]1(C)C(=O)O. The summed E-state index contributed by atoms with van der Waals surface area (Å²) in [6.07, 6.45) is 0.466. The zero-order chi connectivity index (χ0) is 10.1. The molecule has 0 aromatic heterocycles. The number of carbonyl (C=O) groups excluding carboxylic acids is 1. The van der Waals surface area contributed by atoms with Crippen molar-refractivity contribution in [3.05, 3.63) is 0 Å². The minimum absolute atomic E-state index is 0.0885. The number of hydrogen-bond donors (Lipinski definition) is 1. The molecule has 0 heterocycles. The standard InChI is InChI=1S/C9H14O4/c1-9(8(11)12)4-3-6(10)5-7(9)13-2/h7H,3-5H2,1-2H3,(H,11,12)/t7-,9-/m0/s1. The number of methoxy groups -OCH3 is 1. The average molecular weight is 186 g/mol. The lowest BCUT2D eigenvalue weighted by molar-refractivity contribution is -0.162. The molecule has 0 amide bonds. The van der Waals surface area contributed by atoms with Crippen molar-refractivity contribution in [3.8, 4) is 0 Å². The maximum absolute atomic E-state index is 11.1. The highest BCUT2D eigenvalue weighted by atomic mass is 16.5. The third kappa shape index (κ3) is 1.72. The first kappa shape index (κ1) is 10.2. The summed E-state index contributed by atoms with van der Waals surface area (Å²) in [5, 5.41) is 8.99. The molecular weight excluding hydrogens is 172 g/mol. The Morgan fingerprint density at radius 1 is 1.69 bits per heavy atom. The number of ether oxygens (including phenoxy) is 1. The van der Waals surface area contributed by atoms with Gasteiger partial charge in [-0.15, -0.1) is 0 Å². The van der Waals surface area contributed by atoms with Gasteiger partial charge in [-0.25, -0.2) is 0 Å². The van der Waals surface area contributed by atoms with Crippen LogP contribution in [-0.4, -0.2) is 30.1 Å². The molecule has 1 rings (SSSR count). The van der Waals surface area contributed by atoms with Crippen LogP contribution < -0.4 is 0 Å². The Hall–Kier alpha value is -0.900. The summed E-state index contributed by atoms with van der Waals surface area (Å²) in [5.74, 6) is -0.794. The number of carboxylic acid groups (broad SMARTS) is 1. The van der Waals surface area contributed by atoms with Crippen LogP contribution in [0, 0.1) is 5.41 Å². The molecule has 1 aliphatic rings. The molecule has 1 fully saturated rings. The molecule has 4 heteroatoms. The minimum Gasteiger partial charge on any atom is -0.481 e. The lowest BCUT2D eigenvalue weighted by Crippen LogP contribution is -2.45. The molecule has 0 aliphatic heterocycles. The Kier molecular flexibility index (Phi) is 2.71. The van der Waals surface area contributed by atoms with E-state index in [-0.39, 0.29) is 12.2 Å². The normalized spacial score (nSPS) is 34.6. The van der Waals surface area contributed by atoms with Gasteiger partial charge >= 0.3 is 5.97 Å². The number of aliphatic carboxylic acids is 1. The highest BCUT2D eigenvalue weighted by molar-refractivity contribution is 5.84. The van der Waals surface area contributed by atoms with Crippen molar-refractivity contribution in [2.24, 2.45) is 5.41 Å². The monoisotopic (exact) mass is 186 g/mol. The van der Waals surface area contributed by atoms with E-state index in [4.69, 9.17) is 9.84 Å². The van der Waals surface area contributed by atoms with Gasteiger partial charge in [0, 0.05) is 20.0 Å². The van der Waals surface area contributed by atoms with Gasteiger partial charge in [0.05, 0.1) is 11.5 Å². The first-order valence-corrected chi connectivity index (χ1v) is 4.28. The lowest BCUT2D eigenvalue weighted by Gasteiger charge is -2.35. The summed E-state index contributed by atoms with van der Waals surface area (Å²) in [7, 11) is 1.45. The topological polar surface area (TPSA) is 63.6 Å². The van der Waals surface area contributed by atoms with Gasteiger partial charge < -0.3 is 9.84 Å². The molecule has 0 radical (unpaired) electrons. The van der Waals surface area contributed by atoms with Crippen LogP contribution in [0.2, 0.25) is 0 Å². The maximum atomic E-state index is 11.1. The highest BCUT2D eigenvalue weighted by Gasteiger charge is 2.45. The molecule has 2 atom stereocenters. The smallest absolute Gasteiger partial charge is 0.312 e. The van der Waals surface area contributed by atoms with Gasteiger partial charge in [-0.1, -0.05) is 0 Å². The van der Waals surface area contributed by atoms with Gasteiger partial charge in [-0.2, -0.15) is 0 Å². The molecular formula is C9H14O4. The second-order valence-corrected chi connectivity index (χ2v) is 3.69. The van der Waals surface area contributed by atoms with Crippen LogP contribution in [0.3, 0.4) is 0 Å². The molecule has 1 saturated carbocycles. The lowest BCUT2D eigenvalue weighted by atomic mass is 9.73.